The first-order valence-electron chi connectivity index (χ1n) is 8.22. The van der Waals surface area contributed by atoms with Crippen molar-refractivity contribution in [2.24, 2.45) is 0 Å². The maximum atomic E-state index is 12.4. The lowest BCUT2D eigenvalue weighted by atomic mass is 10.0. The summed E-state index contributed by atoms with van der Waals surface area (Å²) in [5.74, 6) is 0.0155. The molecule has 0 aromatic carbocycles. The summed E-state index contributed by atoms with van der Waals surface area (Å²) >= 11 is 1.63. The average molecular weight is 346 g/mol. The summed E-state index contributed by atoms with van der Waals surface area (Å²) in [5, 5.41) is 9.40. The fourth-order valence-electron chi connectivity index (χ4n) is 2.92. The number of carbonyl (C=O) groups is 1. The molecule has 1 aliphatic heterocycles. The second-order valence-corrected chi connectivity index (χ2v) is 7.00. The minimum atomic E-state index is -0.230. The molecule has 0 saturated heterocycles. The van der Waals surface area contributed by atoms with Crippen molar-refractivity contribution >= 4 is 17.2 Å². The molecule has 1 unspecified atom stereocenters. The topological polar surface area (TPSA) is 67.2 Å². The second kappa shape index (κ2) is 7.27. The highest BCUT2D eigenvalue weighted by Gasteiger charge is 2.26. The number of hydrogen-bond donors (Lipinski definition) is 1. The SMILES string of the molecule is CCn1nc2c(cc1=O)CN(C(C)C(=O)NCc1cccs1)CC2. The molecule has 7 heteroatoms. The molecule has 3 rings (SSSR count). The molecule has 1 N–H and O–H groups in total. The van der Waals surface area contributed by atoms with E-state index < -0.39 is 0 Å². The Morgan fingerprint density at radius 2 is 2.33 bits per heavy atom. The van der Waals surface area contributed by atoms with E-state index in [0.717, 1.165) is 29.1 Å². The van der Waals surface area contributed by atoms with E-state index in [1.165, 1.54) is 4.68 Å². The van der Waals surface area contributed by atoms with Gasteiger partial charge in [-0.3, -0.25) is 14.5 Å². The van der Waals surface area contributed by atoms with Crippen LogP contribution in [0, 0.1) is 0 Å². The zero-order chi connectivity index (χ0) is 17.1. The molecular formula is C17H22N4O2S. The highest BCUT2D eigenvalue weighted by molar-refractivity contribution is 7.09. The van der Waals surface area contributed by atoms with Crippen LogP contribution in [0.1, 0.15) is 30.0 Å². The first kappa shape index (κ1) is 16.9. The fraction of sp³-hybridized carbons (Fsp3) is 0.471. The van der Waals surface area contributed by atoms with Crippen molar-refractivity contribution in [2.45, 2.75) is 45.9 Å². The molecule has 6 nitrogen and oxygen atoms in total. The molecule has 2 aromatic rings. The number of carbonyl (C=O) groups excluding carboxylic acids is 1. The zero-order valence-electron chi connectivity index (χ0n) is 14.0. The molecule has 128 valence electrons. The number of thiophene rings is 1. The van der Waals surface area contributed by atoms with Crippen molar-refractivity contribution in [3.8, 4) is 0 Å². The van der Waals surface area contributed by atoms with Crippen LogP contribution in [0.4, 0.5) is 0 Å². The fourth-order valence-corrected chi connectivity index (χ4v) is 3.56. The van der Waals surface area contributed by atoms with Gasteiger partial charge in [0.2, 0.25) is 5.91 Å². The third kappa shape index (κ3) is 3.57. The number of aromatic nitrogens is 2. The summed E-state index contributed by atoms with van der Waals surface area (Å²) in [7, 11) is 0. The second-order valence-electron chi connectivity index (χ2n) is 5.96. The number of hydrogen-bond acceptors (Lipinski definition) is 5. The first-order valence-corrected chi connectivity index (χ1v) is 9.10. The Bertz CT molecular complexity index is 769. The molecule has 0 bridgehead atoms. The number of amides is 1. The number of fused-ring (bicyclic) bond motifs is 1. The van der Waals surface area contributed by atoms with Crippen LogP contribution in [0.2, 0.25) is 0 Å². The van der Waals surface area contributed by atoms with Crippen molar-refractivity contribution < 1.29 is 4.79 Å². The van der Waals surface area contributed by atoms with Crippen LogP contribution in [0.25, 0.3) is 0 Å². The van der Waals surface area contributed by atoms with Gasteiger partial charge in [-0.15, -0.1) is 11.3 Å². The third-order valence-corrected chi connectivity index (χ3v) is 5.29. The summed E-state index contributed by atoms with van der Waals surface area (Å²) in [6.45, 7) is 6.34. The molecule has 1 amide bonds. The van der Waals surface area contributed by atoms with E-state index in [4.69, 9.17) is 0 Å². The Morgan fingerprint density at radius 3 is 3.04 bits per heavy atom. The maximum Gasteiger partial charge on any atom is 0.267 e. The number of nitrogens with zero attached hydrogens (tertiary/aromatic N) is 3. The van der Waals surface area contributed by atoms with Crippen LogP contribution >= 0.6 is 11.3 Å². The van der Waals surface area contributed by atoms with Gasteiger partial charge in [-0.05, 0) is 30.9 Å². The molecule has 0 spiro atoms. The first-order chi connectivity index (χ1) is 11.6. The predicted molar refractivity (Wildman–Crippen MR) is 93.9 cm³/mol. The van der Waals surface area contributed by atoms with Gasteiger partial charge >= 0.3 is 0 Å². The standard InChI is InChI=1S/C17H22N4O2S/c1-3-21-16(22)9-13-11-20(7-6-15(13)19-21)12(2)17(23)18-10-14-5-4-8-24-14/h4-5,8-9,12H,3,6-7,10-11H2,1-2H3,(H,18,23). The summed E-state index contributed by atoms with van der Waals surface area (Å²) in [5.41, 5.74) is 1.83. The number of rotatable bonds is 5. The van der Waals surface area contributed by atoms with E-state index in [2.05, 4.69) is 15.3 Å². The molecule has 0 fully saturated rings. The van der Waals surface area contributed by atoms with Gasteiger partial charge < -0.3 is 5.32 Å². The zero-order valence-corrected chi connectivity index (χ0v) is 14.8. The van der Waals surface area contributed by atoms with Crippen LogP contribution in [0.3, 0.4) is 0 Å². The lowest BCUT2D eigenvalue weighted by molar-refractivity contribution is -0.126. The molecule has 1 atom stereocenters. The van der Waals surface area contributed by atoms with Crippen LogP contribution in [0.5, 0.6) is 0 Å². The van der Waals surface area contributed by atoms with Gasteiger partial charge in [0.25, 0.3) is 5.56 Å². The van der Waals surface area contributed by atoms with E-state index in [-0.39, 0.29) is 17.5 Å². The Morgan fingerprint density at radius 1 is 1.50 bits per heavy atom. The van der Waals surface area contributed by atoms with Crippen molar-refractivity contribution in [1.29, 1.82) is 0 Å². The molecule has 0 aliphatic carbocycles. The predicted octanol–water partition coefficient (Wildman–Crippen LogP) is 1.39. The maximum absolute atomic E-state index is 12.4. The quantitative estimate of drug-likeness (QED) is 0.888. The Kier molecular flexibility index (Phi) is 5.11. The van der Waals surface area contributed by atoms with Crippen molar-refractivity contribution in [2.75, 3.05) is 6.54 Å². The van der Waals surface area contributed by atoms with Crippen LogP contribution in [-0.2, 0) is 30.8 Å². The van der Waals surface area contributed by atoms with E-state index in [9.17, 15) is 9.59 Å². The van der Waals surface area contributed by atoms with Crippen molar-refractivity contribution in [3.63, 3.8) is 0 Å². The Labute approximate surface area is 145 Å². The molecule has 0 radical (unpaired) electrons. The largest absolute Gasteiger partial charge is 0.350 e. The summed E-state index contributed by atoms with van der Waals surface area (Å²) in [4.78, 5) is 27.6. The average Bonchev–Trinajstić information content (AvgIpc) is 3.11. The molecule has 3 heterocycles. The van der Waals surface area contributed by atoms with Gasteiger partial charge in [-0.2, -0.15) is 5.10 Å². The molecule has 0 saturated carbocycles. The van der Waals surface area contributed by atoms with Gasteiger partial charge in [-0.25, -0.2) is 4.68 Å². The lowest BCUT2D eigenvalue weighted by Crippen LogP contribution is -2.47. The molecule has 24 heavy (non-hydrogen) atoms. The van der Waals surface area contributed by atoms with E-state index >= 15 is 0 Å². The van der Waals surface area contributed by atoms with Gasteiger partial charge in [0.05, 0.1) is 18.3 Å². The van der Waals surface area contributed by atoms with Crippen molar-refractivity contribution in [3.05, 3.63) is 50.1 Å². The van der Waals surface area contributed by atoms with Gasteiger partial charge in [0, 0.05) is 37.0 Å². The lowest BCUT2D eigenvalue weighted by Gasteiger charge is -2.32. The van der Waals surface area contributed by atoms with E-state index in [0.29, 0.717) is 19.6 Å². The van der Waals surface area contributed by atoms with E-state index in [1.54, 1.807) is 17.4 Å². The van der Waals surface area contributed by atoms with Gasteiger partial charge in [-0.1, -0.05) is 6.07 Å². The highest BCUT2D eigenvalue weighted by Crippen LogP contribution is 2.17. The van der Waals surface area contributed by atoms with E-state index in [1.807, 2.05) is 31.4 Å². The summed E-state index contributed by atoms with van der Waals surface area (Å²) < 4.78 is 1.49. The minimum Gasteiger partial charge on any atom is -0.350 e. The monoisotopic (exact) mass is 346 g/mol. The summed E-state index contributed by atoms with van der Waals surface area (Å²) in [6.07, 6.45) is 0.762. The van der Waals surface area contributed by atoms with Gasteiger partial charge in [0.15, 0.2) is 0 Å². The molecule has 1 aliphatic rings. The minimum absolute atomic E-state index is 0.0155. The normalized spacial score (nSPS) is 15.8. The van der Waals surface area contributed by atoms with Gasteiger partial charge in [0.1, 0.15) is 0 Å². The smallest absolute Gasteiger partial charge is 0.267 e. The number of nitrogens with one attached hydrogen (secondary N) is 1. The highest BCUT2D eigenvalue weighted by atomic mass is 32.1. The van der Waals surface area contributed by atoms with Crippen LogP contribution < -0.4 is 10.9 Å². The van der Waals surface area contributed by atoms with Crippen molar-refractivity contribution in [1.82, 2.24) is 20.0 Å². The Balaban J connectivity index is 1.64. The summed E-state index contributed by atoms with van der Waals surface area (Å²) in [6, 6.07) is 5.42. The molecular weight excluding hydrogens is 324 g/mol. The third-order valence-electron chi connectivity index (χ3n) is 4.42. The number of aryl methyl sites for hydroxylation is 1. The Hall–Kier alpha value is -1.99. The van der Waals surface area contributed by atoms with Crippen LogP contribution in [0.15, 0.2) is 28.4 Å². The molecule has 2 aromatic heterocycles. The van der Waals surface area contributed by atoms with Crippen LogP contribution in [-0.4, -0.2) is 33.2 Å².